The second-order valence-electron chi connectivity index (χ2n) is 13.9. The highest BCUT2D eigenvalue weighted by Crippen LogP contribution is 2.45. The number of hydrogen-bond acceptors (Lipinski definition) is 6. The summed E-state index contributed by atoms with van der Waals surface area (Å²) in [7, 11) is 0. The summed E-state index contributed by atoms with van der Waals surface area (Å²) in [6.45, 7) is 22.2. The van der Waals surface area contributed by atoms with Crippen LogP contribution in [0, 0.1) is 25.2 Å². The van der Waals surface area contributed by atoms with Gasteiger partial charge < -0.3 is 19.5 Å². The van der Waals surface area contributed by atoms with Gasteiger partial charge in [-0.25, -0.2) is 4.79 Å². The largest absolute Gasteiger partial charge is 0.492 e. The van der Waals surface area contributed by atoms with Gasteiger partial charge in [0.05, 0.1) is 11.3 Å². The molecule has 2 aromatic rings. The molecule has 226 valence electrons. The quantitative estimate of drug-likeness (QED) is 0.349. The molecular formula is C34H51N3O4. The summed E-state index contributed by atoms with van der Waals surface area (Å²) in [5.41, 5.74) is 4.80. The molecule has 2 fully saturated rings. The van der Waals surface area contributed by atoms with Crippen LogP contribution in [0.3, 0.4) is 0 Å². The highest BCUT2D eigenvalue weighted by atomic mass is 16.5. The Bertz CT molecular complexity index is 1180. The summed E-state index contributed by atoms with van der Waals surface area (Å²) in [5, 5.41) is 10.4. The number of benzene rings is 1. The van der Waals surface area contributed by atoms with E-state index in [1.54, 1.807) is 0 Å². The molecule has 3 heterocycles. The predicted octanol–water partition coefficient (Wildman–Crippen LogP) is 7.04. The van der Waals surface area contributed by atoms with Crippen molar-refractivity contribution in [1.29, 1.82) is 0 Å². The summed E-state index contributed by atoms with van der Waals surface area (Å²) < 4.78 is 12.3. The van der Waals surface area contributed by atoms with E-state index in [2.05, 4.69) is 42.7 Å². The van der Waals surface area contributed by atoms with E-state index >= 15 is 0 Å². The number of carboxylic acids is 1. The van der Waals surface area contributed by atoms with E-state index in [0.717, 1.165) is 79.7 Å². The number of carbonyl (C=O) groups is 1. The average molecular weight is 566 g/mol. The summed E-state index contributed by atoms with van der Waals surface area (Å²) in [6.07, 6.45) is 3.48. The molecule has 4 rings (SSSR count). The molecule has 7 nitrogen and oxygen atoms in total. The molecule has 2 saturated heterocycles. The van der Waals surface area contributed by atoms with Crippen molar-refractivity contribution in [3.63, 3.8) is 0 Å². The Morgan fingerprint density at radius 3 is 2.22 bits per heavy atom. The van der Waals surface area contributed by atoms with Crippen molar-refractivity contribution in [2.24, 2.45) is 11.3 Å². The third kappa shape index (κ3) is 8.01. The highest BCUT2D eigenvalue weighted by Gasteiger charge is 2.36. The van der Waals surface area contributed by atoms with Crippen LogP contribution in [0.5, 0.6) is 5.75 Å². The number of hydrogen-bond donors (Lipinski definition) is 1. The molecule has 0 aliphatic carbocycles. The van der Waals surface area contributed by atoms with Crippen LogP contribution in [0.1, 0.15) is 90.3 Å². The van der Waals surface area contributed by atoms with Crippen molar-refractivity contribution >= 4 is 11.7 Å². The molecule has 1 aromatic carbocycles. The molecule has 0 spiro atoms. The molecule has 1 unspecified atom stereocenters. The SMILES string of the molecule is Cc1nc(C)c(C(OC(C)(C)C)C(=O)O)c(N2CCC(C)(C)CC2)c1-c1ccc(OCCN2CCC(C)CC2)cc1. The Labute approximate surface area is 247 Å². The van der Waals surface area contributed by atoms with Gasteiger partial charge in [-0.3, -0.25) is 9.88 Å². The first-order chi connectivity index (χ1) is 19.2. The number of aryl methyl sites for hydroxylation is 2. The summed E-state index contributed by atoms with van der Waals surface area (Å²) in [4.78, 5) is 22.4. The highest BCUT2D eigenvalue weighted by molar-refractivity contribution is 5.88. The number of aromatic nitrogens is 1. The number of aliphatic carboxylic acids is 1. The predicted molar refractivity (Wildman–Crippen MR) is 166 cm³/mol. The summed E-state index contributed by atoms with van der Waals surface area (Å²) in [5.74, 6) is 0.676. The molecule has 0 saturated carbocycles. The lowest BCUT2D eigenvalue weighted by Crippen LogP contribution is -2.39. The zero-order valence-electron chi connectivity index (χ0n) is 26.5. The van der Waals surface area contributed by atoms with Crippen molar-refractivity contribution in [1.82, 2.24) is 9.88 Å². The average Bonchev–Trinajstić information content (AvgIpc) is 2.88. The molecule has 1 N–H and O–H groups in total. The number of anilines is 1. The van der Waals surface area contributed by atoms with Crippen LogP contribution in [-0.4, -0.2) is 65.9 Å². The minimum atomic E-state index is -1.12. The minimum Gasteiger partial charge on any atom is -0.492 e. The Kier molecular flexibility index (Phi) is 9.70. The second-order valence-corrected chi connectivity index (χ2v) is 13.9. The van der Waals surface area contributed by atoms with E-state index in [9.17, 15) is 9.90 Å². The second kappa shape index (κ2) is 12.7. The zero-order chi connectivity index (χ0) is 29.9. The summed E-state index contributed by atoms with van der Waals surface area (Å²) >= 11 is 0. The van der Waals surface area contributed by atoms with E-state index in [1.165, 1.54) is 12.8 Å². The van der Waals surface area contributed by atoms with Gasteiger partial charge in [0.1, 0.15) is 12.4 Å². The summed E-state index contributed by atoms with van der Waals surface area (Å²) in [6, 6.07) is 8.21. The van der Waals surface area contributed by atoms with Crippen molar-refractivity contribution < 1.29 is 19.4 Å². The monoisotopic (exact) mass is 565 g/mol. The van der Waals surface area contributed by atoms with Crippen molar-refractivity contribution in [3.8, 4) is 16.9 Å². The van der Waals surface area contributed by atoms with Crippen LogP contribution >= 0.6 is 0 Å². The van der Waals surface area contributed by atoms with Crippen LogP contribution in [0.4, 0.5) is 5.69 Å². The fourth-order valence-corrected chi connectivity index (χ4v) is 6.05. The number of nitrogens with zero attached hydrogens (tertiary/aromatic N) is 3. The number of ether oxygens (including phenoxy) is 2. The van der Waals surface area contributed by atoms with Crippen LogP contribution in [0.2, 0.25) is 0 Å². The van der Waals surface area contributed by atoms with Gasteiger partial charge in [-0.15, -0.1) is 0 Å². The van der Waals surface area contributed by atoms with Crippen molar-refractivity contribution in [2.45, 2.75) is 92.8 Å². The lowest BCUT2D eigenvalue weighted by molar-refractivity contribution is -0.160. The smallest absolute Gasteiger partial charge is 0.337 e. The van der Waals surface area contributed by atoms with E-state index in [4.69, 9.17) is 14.5 Å². The first kappa shape index (κ1) is 31.3. The van der Waals surface area contributed by atoms with Gasteiger partial charge in [0.2, 0.25) is 0 Å². The first-order valence-corrected chi connectivity index (χ1v) is 15.4. The topological polar surface area (TPSA) is 75.1 Å². The molecule has 7 heteroatoms. The Morgan fingerprint density at radius 1 is 1.05 bits per heavy atom. The molecule has 0 amide bonds. The first-order valence-electron chi connectivity index (χ1n) is 15.4. The normalized spacial score (nSPS) is 19.3. The number of pyridine rings is 1. The Balaban J connectivity index is 1.67. The van der Waals surface area contributed by atoms with Crippen LogP contribution < -0.4 is 9.64 Å². The number of piperidine rings is 2. The molecule has 1 aromatic heterocycles. The maximum atomic E-state index is 12.7. The molecule has 2 aliphatic rings. The minimum absolute atomic E-state index is 0.257. The third-order valence-corrected chi connectivity index (χ3v) is 8.67. The van der Waals surface area contributed by atoms with E-state index in [-0.39, 0.29) is 5.41 Å². The maximum Gasteiger partial charge on any atom is 0.337 e. The standard InChI is InChI=1S/C34H51N3O4/c1-23-13-17-36(18-14-23)21-22-40-27-11-9-26(10-12-27)28-24(2)35-25(3)29(31(32(38)39)41-33(4,5)6)30(28)37-19-15-34(7,8)16-20-37/h9-12,23,31H,13-22H2,1-8H3,(H,38,39). The van der Waals surface area contributed by atoms with Gasteiger partial charge in [0.25, 0.3) is 0 Å². The Hall–Kier alpha value is -2.64. The lowest BCUT2D eigenvalue weighted by atomic mass is 9.82. The zero-order valence-corrected chi connectivity index (χ0v) is 26.5. The number of carboxylic acid groups (broad SMARTS) is 1. The molecular weight excluding hydrogens is 514 g/mol. The van der Waals surface area contributed by atoms with Gasteiger partial charge in [0, 0.05) is 42.1 Å². The maximum absolute atomic E-state index is 12.7. The molecule has 0 radical (unpaired) electrons. The van der Waals surface area contributed by atoms with E-state index in [1.807, 2.05) is 46.8 Å². The molecule has 1 atom stereocenters. The molecule has 0 bridgehead atoms. The van der Waals surface area contributed by atoms with Gasteiger partial charge in [0.15, 0.2) is 6.10 Å². The van der Waals surface area contributed by atoms with E-state index < -0.39 is 17.7 Å². The lowest BCUT2D eigenvalue weighted by Gasteiger charge is -2.41. The van der Waals surface area contributed by atoms with Gasteiger partial charge in [-0.05, 0) is 102 Å². The van der Waals surface area contributed by atoms with Crippen molar-refractivity contribution in [2.75, 3.05) is 44.2 Å². The number of rotatable bonds is 9. The fourth-order valence-electron chi connectivity index (χ4n) is 6.05. The van der Waals surface area contributed by atoms with Gasteiger partial charge >= 0.3 is 5.97 Å². The number of likely N-dealkylation sites (tertiary alicyclic amines) is 1. The fraction of sp³-hybridized carbons (Fsp3) is 0.647. The molecule has 2 aliphatic heterocycles. The van der Waals surface area contributed by atoms with Crippen LogP contribution in [-0.2, 0) is 9.53 Å². The van der Waals surface area contributed by atoms with Crippen LogP contribution in [0.15, 0.2) is 24.3 Å². The van der Waals surface area contributed by atoms with E-state index in [0.29, 0.717) is 17.9 Å². The van der Waals surface area contributed by atoms with Gasteiger partial charge in [-0.2, -0.15) is 0 Å². The molecule has 41 heavy (non-hydrogen) atoms. The third-order valence-electron chi connectivity index (χ3n) is 8.67. The van der Waals surface area contributed by atoms with Gasteiger partial charge in [-0.1, -0.05) is 32.9 Å². The Morgan fingerprint density at radius 2 is 1.66 bits per heavy atom. The van der Waals surface area contributed by atoms with Crippen LogP contribution in [0.25, 0.3) is 11.1 Å². The van der Waals surface area contributed by atoms with Crippen molar-refractivity contribution in [3.05, 3.63) is 41.2 Å².